The van der Waals surface area contributed by atoms with E-state index in [4.69, 9.17) is 14.6 Å². The van der Waals surface area contributed by atoms with Crippen molar-refractivity contribution >= 4 is 11.4 Å². The van der Waals surface area contributed by atoms with Gasteiger partial charge in [-0.3, -0.25) is 10.1 Å². The molecule has 1 aromatic carbocycles. The summed E-state index contributed by atoms with van der Waals surface area (Å²) in [5.74, 6) is 0.313. The number of aliphatic hydroxyl groups excluding tert-OH is 3. The number of nitro benzene ring substituents is 1. The minimum absolute atomic E-state index is 0.107. The molecule has 1 saturated heterocycles. The van der Waals surface area contributed by atoms with Crippen LogP contribution in [0.4, 0.5) is 11.4 Å². The van der Waals surface area contributed by atoms with Crippen LogP contribution in [-0.4, -0.2) is 58.5 Å². The Balaban J connectivity index is 2.22. The highest BCUT2D eigenvalue weighted by Crippen LogP contribution is 2.31. The van der Waals surface area contributed by atoms with Gasteiger partial charge >= 0.3 is 0 Å². The summed E-state index contributed by atoms with van der Waals surface area (Å²) in [4.78, 5) is 10.4. The molecule has 1 heterocycles. The number of benzene rings is 1. The van der Waals surface area contributed by atoms with E-state index < -0.39 is 36.1 Å². The molecule has 1 aliphatic rings. The summed E-state index contributed by atoms with van der Waals surface area (Å²) < 4.78 is 10.1. The molecule has 0 aliphatic carbocycles. The number of hydrogen-bond acceptors (Lipinski definition) is 8. The van der Waals surface area contributed by atoms with Gasteiger partial charge < -0.3 is 30.1 Å². The second-order valence-corrected chi connectivity index (χ2v) is 4.54. The summed E-state index contributed by atoms with van der Waals surface area (Å²) in [7, 11) is 1.39. The zero-order valence-electron chi connectivity index (χ0n) is 11.2. The highest BCUT2D eigenvalue weighted by atomic mass is 16.6. The first-order chi connectivity index (χ1) is 9.97. The number of rotatable bonds is 5. The van der Waals surface area contributed by atoms with Gasteiger partial charge in [0.1, 0.15) is 29.7 Å². The third-order valence-electron chi connectivity index (χ3n) is 3.24. The van der Waals surface area contributed by atoms with Crippen molar-refractivity contribution in [2.24, 2.45) is 0 Å². The lowest BCUT2D eigenvalue weighted by atomic mass is 10.1. The van der Waals surface area contributed by atoms with Gasteiger partial charge in [-0.15, -0.1) is 0 Å². The number of hydrogen-bond donors (Lipinski definition) is 4. The van der Waals surface area contributed by atoms with Gasteiger partial charge in [0.2, 0.25) is 0 Å². The molecule has 0 bridgehead atoms. The lowest BCUT2D eigenvalue weighted by Crippen LogP contribution is -2.36. The molecule has 2 rings (SSSR count). The van der Waals surface area contributed by atoms with Crippen molar-refractivity contribution in [3.8, 4) is 5.75 Å². The van der Waals surface area contributed by atoms with Gasteiger partial charge in [-0.25, -0.2) is 0 Å². The van der Waals surface area contributed by atoms with Gasteiger partial charge in [0, 0.05) is 0 Å². The van der Waals surface area contributed by atoms with Crippen LogP contribution in [0, 0.1) is 10.1 Å². The molecule has 0 radical (unpaired) electrons. The van der Waals surface area contributed by atoms with E-state index in [1.54, 1.807) is 0 Å². The minimum Gasteiger partial charge on any atom is -0.496 e. The Morgan fingerprint density at radius 2 is 2.14 bits per heavy atom. The number of methoxy groups -OCH3 is 1. The third-order valence-corrected chi connectivity index (χ3v) is 3.24. The van der Waals surface area contributed by atoms with Crippen molar-refractivity contribution in [1.82, 2.24) is 0 Å². The van der Waals surface area contributed by atoms with E-state index in [9.17, 15) is 20.3 Å². The molecular formula is C12H16N2O7. The molecule has 1 unspecified atom stereocenters. The first kappa shape index (κ1) is 15.4. The Morgan fingerprint density at radius 1 is 1.43 bits per heavy atom. The van der Waals surface area contributed by atoms with E-state index >= 15 is 0 Å². The lowest BCUT2D eigenvalue weighted by Gasteiger charge is -2.17. The lowest BCUT2D eigenvalue weighted by molar-refractivity contribution is -0.384. The van der Waals surface area contributed by atoms with Crippen LogP contribution in [0.1, 0.15) is 0 Å². The minimum atomic E-state index is -1.32. The fourth-order valence-corrected chi connectivity index (χ4v) is 2.08. The second kappa shape index (κ2) is 6.22. The van der Waals surface area contributed by atoms with Gasteiger partial charge in [-0.2, -0.15) is 0 Å². The summed E-state index contributed by atoms with van der Waals surface area (Å²) in [5.41, 5.74) is -0.150. The SMILES string of the molecule is COc1ccc(NC2O[C@H](CO)[C@@H](O)[C@@H]2O)c([N+](=O)[O-])c1. The van der Waals surface area contributed by atoms with Crippen molar-refractivity contribution in [2.75, 3.05) is 19.0 Å². The molecule has 0 saturated carbocycles. The molecule has 1 aromatic rings. The molecule has 1 fully saturated rings. The van der Waals surface area contributed by atoms with Gasteiger partial charge in [-0.05, 0) is 12.1 Å². The molecular weight excluding hydrogens is 284 g/mol. The van der Waals surface area contributed by atoms with E-state index in [1.165, 1.54) is 25.3 Å². The Kier molecular flexibility index (Phi) is 4.58. The Morgan fingerprint density at radius 3 is 2.67 bits per heavy atom. The summed E-state index contributed by atoms with van der Waals surface area (Å²) in [6, 6.07) is 4.14. The quantitative estimate of drug-likeness (QED) is 0.420. The van der Waals surface area contributed by atoms with E-state index in [2.05, 4.69) is 5.32 Å². The second-order valence-electron chi connectivity index (χ2n) is 4.54. The number of ether oxygens (including phenoxy) is 2. The van der Waals surface area contributed by atoms with Crippen molar-refractivity contribution in [3.63, 3.8) is 0 Å². The first-order valence-electron chi connectivity index (χ1n) is 6.19. The number of anilines is 1. The number of aliphatic hydroxyl groups is 3. The first-order valence-corrected chi connectivity index (χ1v) is 6.19. The van der Waals surface area contributed by atoms with E-state index in [1.807, 2.05) is 0 Å². The predicted octanol–water partition coefficient (Wildman–Crippen LogP) is -0.546. The maximum Gasteiger partial charge on any atom is 0.296 e. The fourth-order valence-electron chi connectivity index (χ4n) is 2.08. The molecule has 0 amide bonds. The van der Waals surface area contributed by atoms with Crippen LogP contribution in [0.2, 0.25) is 0 Å². The Labute approximate surface area is 119 Å². The Bertz CT molecular complexity index is 524. The molecule has 4 N–H and O–H groups in total. The molecule has 1 aliphatic heterocycles. The average Bonchev–Trinajstić information content (AvgIpc) is 2.75. The van der Waals surface area contributed by atoms with Crippen LogP contribution in [0.5, 0.6) is 5.75 Å². The van der Waals surface area contributed by atoms with Gasteiger partial charge in [0.05, 0.1) is 24.7 Å². The van der Waals surface area contributed by atoms with E-state index in [0.717, 1.165) is 0 Å². The van der Waals surface area contributed by atoms with Gasteiger partial charge in [0.25, 0.3) is 5.69 Å². The Hall–Kier alpha value is -1.94. The molecule has 0 spiro atoms. The molecule has 9 heteroatoms. The monoisotopic (exact) mass is 300 g/mol. The van der Waals surface area contributed by atoms with Crippen LogP contribution in [0.3, 0.4) is 0 Å². The largest absolute Gasteiger partial charge is 0.496 e. The van der Waals surface area contributed by atoms with Crippen LogP contribution >= 0.6 is 0 Å². The van der Waals surface area contributed by atoms with E-state index in [-0.39, 0.29) is 11.4 Å². The summed E-state index contributed by atoms with van der Waals surface area (Å²) in [6.07, 6.45) is -4.60. The van der Waals surface area contributed by atoms with E-state index in [0.29, 0.717) is 5.75 Å². The fraction of sp³-hybridized carbons (Fsp3) is 0.500. The predicted molar refractivity (Wildman–Crippen MR) is 71.0 cm³/mol. The summed E-state index contributed by atoms with van der Waals surface area (Å²) in [5, 5.41) is 42.1. The summed E-state index contributed by atoms with van der Waals surface area (Å²) >= 11 is 0. The molecule has 4 atom stereocenters. The number of nitrogens with one attached hydrogen (secondary N) is 1. The zero-order chi connectivity index (χ0) is 15.6. The van der Waals surface area contributed by atoms with Crippen LogP contribution in [0.25, 0.3) is 0 Å². The van der Waals surface area contributed by atoms with Crippen molar-refractivity contribution in [2.45, 2.75) is 24.5 Å². The zero-order valence-corrected chi connectivity index (χ0v) is 11.2. The molecule has 0 aromatic heterocycles. The van der Waals surface area contributed by atoms with Crippen molar-refractivity contribution < 1.29 is 29.7 Å². The highest BCUT2D eigenvalue weighted by molar-refractivity contribution is 5.64. The maximum atomic E-state index is 11.0. The third kappa shape index (κ3) is 3.05. The molecule has 21 heavy (non-hydrogen) atoms. The van der Waals surface area contributed by atoms with Gasteiger partial charge in [-0.1, -0.05) is 0 Å². The standard InChI is InChI=1S/C12H16N2O7/c1-20-6-2-3-7(8(4-6)14(18)19)13-12-11(17)10(16)9(5-15)21-12/h2-4,9-13,15-17H,5H2,1H3/t9-,10-,11+,12?/m1/s1. The summed E-state index contributed by atoms with van der Waals surface area (Å²) in [6.45, 7) is -0.471. The molecule has 9 nitrogen and oxygen atoms in total. The molecule has 116 valence electrons. The van der Waals surface area contributed by atoms with Crippen molar-refractivity contribution in [3.05, 3.63) is 28.3 Å². The highest BCUT2D eigenvalue weighted by Gasteiger charge is 2.42. The maximum absolute atomic E-state index is 11.0. The van der Waals surface area contributed by atoms with Crippen LogP contribution in [-0.2, 0) is 4.74 Å². The normalized spacial score (nSPS) is 28.4. The number of nitrogens with zero attached hydrogens (tertiary/aromatic N) is 1. The van der Waals surface area contributed by atoms with Crippen LogP contribution in [0.15, 0.2) is 18.2 Å². The average molecular weight is 300 g/mol. The number of nitro groups is 1. The van der Waals surface area contributed by atoms with Crippen LogP contribution < -0.4 is 10.1 Å². The van der Waals surface area contributed by atoms with Crippen molar-refractivity contribution in [1.29, 1.82) is 0 Å². The smallest absolute Gasteiger partial charge is 0.296 e. The topological polar surface area (TPSA) is 134 Å². The van der Waals surface area contributed by atoms with Gasteiger partial charge in [0.15, 0.2) is 6.23 Å².